The first-order chi connectivity index (χ1) is 11.0. The highest BCUT2D eigenvalue weighted by Gasteiger charge is 2.24. The van der Waals surface area contributed by atoms with Gasteiger partial charge in [0.25, 0.3) is 5.91 Å². The Morgan fingerprint density at radius 2 is 1.96 bits per heavy atom. The van der Waals surface area contributed by atoms with Crippen LogP contribution in [0.2, 0.25) is 0 Å². The fourth-order valence-electron chi connectivity index (χ4n) is 2.82. The van der Waals surface area contributed by atoms with Crippen LogP contribution in [0.1, 0.15) is 27.4 Å². The van der Waals surface area contributed by atoms with Crippen molar-refractivity contribution in [1.82, 2.24) is 15.0 Å². The lowest BCUT2D eigenvalue weighted by molar-refractivity contribution is 0.0616. The van der Waals surface area contributed by atoms with Crippen LogP contribution in [0.25, 0.3) is 0 Å². The molecule has 1 fully saturated rings. The van der Waals surface area contributed by atoms with E-state index in [9.17, 15) is 9.18 Å². The minimum Gasteiger partial charge on any atom is -0.360 e. The minimum absolute atomic E-state index is 0.0999. The highest BCUT2D eigenvalue weighted by molar-refractivity contribution is 5.95. The molecule has 0 bridgehead atoms. The molecule has 0 saturated carbocycles. The molecule has 1 aromatic heterocycles. The minimum atomic E-state index is -0.377. The molecule has 23 heavy (non-hydrogen) atoms. The van der Waals surface area contributed by atoms with Crippen LogP contribution < -0.4 is 0 Å². The van der Waals surface area contributed by atoms with Gasteiger partial charge in [-0.15, -0.1) is 0 Å². The molecule has 5 nitrogen and oxygen atoms in total. The van der Waals surface area contributed by atoms with E-state index >= 15 is 0 Å². The van der Waals surface area contributed by atoms with Crippen LogP contribution in [0.4, 0.5) is 4.39 Å². The van der Waals surface area contributed by atoms with E-state index in [2.05, 4.69) is 10.1 Å². The molecule has 0 atom stereocenters. The number of benzene rings is 1. The second-order valence-corrected chi connectivity index (χ2v) is 5.96. The van der Waals surface area contributed by atoms with E-state index in [-0.39, 0.29) is 11.7 Å². The van der Waals surface area contributed by atoms with E-state index in [4.69, 9.17) is 4.52 Å². The van der Waals surface area contributed by atoms with Crippen LogP contribution in [0.15, 0.2) is 28.8 Å². The zero-order valence-corrected chi connectivity index (χ0v) is 13.4. The number of nitrogens with zero attached hydrogens (tertiary/aromatic N) is 3. The Kier molecular flexibility index (Phi) is 4.43. The third-order valence-electron chi connectivity index (χ3n) is 4.15. The number of amides is 1. The van der Waals surface area contributed by atoms with Gasteiger partial charge in [0.1, 0.15) is 5.82 Å². The van der Waals surface area contributed by atoms with Crippen LogP contribution in [0.3, 0.4) is 0 Å². The summed E-state index contributed by atoms with van der Waals surface area (Å²) in [5, 5.41) is 3.88. The van der Waals surface area contributed by atoms with Gasteiger partial charge < -0.3 is 9.42 Å². The molecule has 1 amide bonds. The number of halogens is 1. The second kappa shape index (κ2) is 6.50. The summed E-state index contributed by atoms with van der Waals surface area (Å²) < 4.78 is 18.6. The molecule has 2 aromatic rings. The molecule has 0 radical (unpaired) electrons. The third-order valence-corrected chi connectivity index (χ3v) is 4.15. The molecule has 0 unspecified atom stereocenters. The lowest BCUT2D eigenvalue weighted by atomic mass is 10.1. The van der Waals surface area contributed by atoms with Crippen molar-refractivity contribution in [3.8, 4) is 0 Å². The summed E-state index contributed by atoms with van der Waals surface area (Å²) in [6.07, 6.45) is 0. The van der Waals surface area contributed by atoms with Gasteiger partial charge in [-0.3, -0.25) is 9.69 Å². The quantitative estimate of drug-likeness (QED) is 0.872. The lowest BCUT2D eigenvalue weighted by Crippen LogP contribution is -2.48. The molecule has 1 aromatic carbocycles. The largest absolute Gasteiger partial charge is 0.360 e. The average Bonchev–Trinajstić information content (AvgIpc) is 2.95. The number of aromatic nitrogens is 1. The number of hydrogen-bond acceptors (Lipinski definition) is 4. The average molecular weight is 317 g/mol. The van der Waals surface area contributed by atoms with E-state index in [1.165, 1.54) is 12.1 Å². The summed E-state index contributed by atoms with van der Waals surface area (Å²) in [5.41, 5.74) is 2.12. The smallest absolute Gasteiger partial charge is 0.254 e. The molecule has 122 valence electrons. The summed E-state index contributed by atoms with van der Waals surface area (Å²) in [5.74, 6) is 0.360. The number of aryl methyl sites for hydroxylation is 2. The van der Waals surface area contributed by atoms with Gasteiger partial charge in [-0.05, 0) is 31.5 Å². The van der Waals surface area contributed by atoms with Crippen molar-refractivity contribution >= 4 is 5.91 Å². The first-order valence-electron chi connectivity index (χ1n) is 7.73. The molecule has 0 N–H and O–H groups in total. The maximum absolute atomic E-state index is 13.4. The summed E-state index contributed by atoms with van der Waals surface area (Å²) >= 11 is 0. The van der Waals surface area contributed by atoms with Crippen LogP contribution in [-0.4, -0.2) is 47.0 Å². The van der Waals surface area contributed by atoms with Gasteiger partial charge in [-0.1, -0.05) is 11.2 Å². The first kappa shape index (κ1) is 15.7. The maximum atomic E-state index is 13.4. The summed E-state index contributed by atoms with van der Waals surface area (Å²) in [4.78, 5) is 16.6. The summed E-state index contributed by atoms with van der Waals surface area (Å²) in [7, 11) is 0. The zero-order chi connectivity index (χ0) is 16.4. The van der Waals surface area contributed by atoms with Crippen molar-refractivity contribution in [2.75, 3.05) is 26.2 Å². The molecule has 1 aliphatic heterocycles. The predicted octanol–water partition coefficient (Wildman–Crippen LogP) is 2.39. The monoisotopic (exact) mass is 317 g/mol. The van der Waals surface area contributed by atoms with Gasteiger partial charge in [-0.2, -0.15) is 0 Å². The van der Waals surface area contributed by atoms with Crippen molar-refractivity contribution in [3.63, 3.8) is 0 Å². The van der Waals surface area contributed by atoms with Crippen molar-refractivity contribution in [2.24, 2.45) is 0 Å². The van der Waals surface area contributed by atoms with E-state index in [0.717, 1.165) is 30.1 Å². The molecule has 2 heterocycles. The Morgan fingerprint density at radius 1 is 1.22 bits per heavy atom. The number of piperazine rings is 1. The number of carbonyl (C=O) groups is 1. The van der Waals surface area contributed by atoms with E-state index in [0.29, 0.717) is 25.2 Å². The predicted molar refractivity (Wildman–Crippen MR) is 83.6 cm³/mol. The van der Waals surface area contributed by atoms with E-state index in [1.54, 1.807) is 11.0 Å². The molecule has 1 aliphatic rings. The van der Waals surface area contributed by atoms with Crippen LogP contribution in [-0.2, 0) is 6.54 Å². The van der Waals surface area contributed by atoms with Gasteiger partial charge >= 0.3 is 0 Å². The fraction of sp³-hybridized carbons (Fsp3) is 0.412. The van der Waals surface area contributed by atoms with E-state index < -0.39 is 0 Å². The number of hydrogen-bond donors (Lipinski definition) is 0. The molecular weight excluding hydrogens is 297 g/mol. The van der Waals surface area contributed by atoms with E-state index in [1.807, 2.05) is 19.9 Å². The Labute approximate surface area is 134 Å². The molecule has 6 heteroatoms. The summed E-state index contributed by atoms with van der Waals surface area (Å²) in [6.45, 7) is 7.20. The van der Waals surface area contributed by atoms with Gasteiger partial charge in [0, 0.05) is 37.8 Å². The normalized spacial score (nSPS) is 15.9. The highest BCUT2D eigenvalue weighted by atomic mass is 19.1. The standard InChI is InChI=1S/C17H20FN3O2/c1-12-3-4-14(18)10-16(12)17(22)21-7-5-20(6-8-21)11-15-9-13(2)19-23-15/h3-4,9-10H,5-8,11H2,1-2H3. The van der Waals surface area contributed by atoms with Gasteiger partial charge in [0.05, 0.1) is 12.2 Å². The number of carbonyl (C=O) groups excluding carboxylic acids is 1. The van der Waals surface area contributed by atoms with Gasteiger partial charge in [0.2, 0.25) is 0 Å². The fourth-order valence-corrected chi connectivity index (χ4v) is 2.82. The SMILES string of the molecule is Cc1cc(CN2CCN(C(=O)c3cc(F)ccc3C)CC2)on1. The second-order valence-electron chi connectivity index (χ2n) is 5.96. The Balaban J connectivity index is 1.60. The lowest BCUT2D eigenvalue weighted by Gasteiger charge is -2.34. The van der Waals surface area contributed by atoms with Crippen molar-refractivity contribution in [1.29, 1.82) is 0 Å². The Morgan fingerprint density at radius 3 is 2.61 bits per heavy atom. The molecule has 1 saturated heterocycles. The maximum Gasteiger partial charge on any atom is 0.254 e. The van der Waals surface area contributed by atoms with Crippen molar-refractivity contribution in [2.45, 2.75) is 20.4 Å². The van der Waals surface area contributed by atoms with Crippen molar-refractivity contribution in [3.05, 3.63) is 52.7 Å². The van der Waals surface area contributed by atoms with Crippen LogP contribution in [0, 0.1) is 19.7 Å². The molecule has 0 aliphatic carbocycles. The van der Waals surface area contributed by atoms with Gasteiger partial charge in [-0.25, -0.2) is 4.39 Å². The van der Waals surface area contributed by atoms with Gasteiger partial charge in [0.15, 0.2) is 5.76 Å². The molecular formula is C17H20FN3O2. The Hall–Kier alpha value is -2.21. The zero-order valence-electron chi connectivity index (χ0n) is 13.4. The van der Waals surface area contributed by atoms with Crippen molar-refractivity contribution < 1.29 is 13.7 Å². The highest BCUT2D eigenvalue weighted by Crippen LogP contribution is 2.16. The van der Waals surface area contributed by atoms with Crippen LogP contribution in [0.5, 0.6) is 0 Å². The molecule has 0 spiro atoms. The summed E-state index contributed by atoms with van der Waals surface area (Å²) in [6, 6.07) is 6.27. The third kappa shape index (κ3) is 3.59. The Bertz CT molecular complexity index is 706. The molecule has 3 rings (SSSR count). The topological polar surface area (TPSA) is 49.6 Å². The first-order valence-corrected chi connectivity index (χ1v) is 7.73. The van der Waals surface area contributed by atoms with Crippen LogP contribution >= 0.6 is 0 Å². The number of rotatable bonds is 3.